The van der Waals surface area contributed by atoms with E-state index in [9.17, 15) is 0 Å². The van der Waals surface area contributed by atoms with Crippen molar-refractivity contribution in [2.45, 2.75) is 19.3 Å². The first-order valence-electron chi connectivity index (χ1n) is 15.5. The second-order valence-corrected chi connectivity index (χ2v) is 13.5. The van der Waals surface area contributed by atoms with E-state index in [1.165, 1.54) is 37.0 Å². The Morgan fingerprint density at radius 3 is 2.41 bits per heavy atom. The van der Waals surface area contributed by atoms with Crippen LogP contribution in [-0.2, 0) is 12.5 Å². The molecule has 0 saturated carbocycles. The van der Waals surface area contributed by atoms with E-state index >= 15 is 0 Å². The Labute approximate surface area is 271 Å². The maximum absolute atomic E-state index is 6.56. The molecule has 9 rings (SSSR count). The number of aryl methyl sites for hydroxylation is 1. The molecule has 6 heteroatoms. The van der Waals surface area contributed by atoms with E-state index in [-0.39, 0.29) is 5.41 Å². The van der Waals surface area contributed by atoms with Crippen molar-refractivity contribution in [1.82, 2.24) is 14.5 Å². The summed E-state index contributed by atoms with van der Waals surface area (Å²) in [4.78, 5) is 12.2. The average molecular weight is 615 g/mol. The van der Waals surface area contributed by atoms with Crippen molar-refractivity contribution >= 4 is 59.7 Å². The monoisotopic (exact) mass is 614 g/mol. The lowest BCUT2D eigenvalue weighted by Gasteiger charge is -2.41. The highest BCUT2D eigenvalue weighted by atomic mass is 32.1. The molecule has 0 unspecified atom stereocenters. The minimum absolute atomic E-state index is 0.225. The number of pyridine rings is 1. The van der Waals surface area contributed by atoms with E-state index < -0.39 is 0 Å². The molecule has 0 bridgehead atoms. The summed E-state index contributed by atoms with van der Waals surface area (Å²) >= 11 is 1.84. The minimum Gasteiger partial charge on any atom is -0.457 e. The molecule has 46 heavy (non-hydrogen) atoms. The number of anilines is 3. The van der Waals surface area contributed by atoms with Crippen LogP contribution in [0.3, 0.4) is 0 Å². The van der Waals surface area contributed by atoms with Crippen molar-refractivity contribution in [2.24, 2.45) is 7.05 Å². The molecule has 0 fully saturated rings. The van der Waals surface area contributed by atoms with E-state index in [2.05, 4.69) is 109 Å². The molecule has 8 aromatic rings. The Kier molecular flexibility index (Phi) is 5.86. The summed E-state index contributed by atoms with van der Waals surface area (Å²) in [7, 11) is 2.05. The number of hydrogen-bond acceptors (Lipinski definition) is 5. The molecule has 3 aromatic heterocycles. The first kappa shape index (κ1) is 26.9. The topological polar surface area (TPSA) is 43.2 Å². The molecule has 0 atom stereocenters. The van der Waals surface area contributed by atoms with Crippen LogP contribution in [0.5, 0.6) is 11.5 Å². The van der Waals surface area contributed by atoms with Crippen LogP contribution in [0.15, 0.2) is 128 Å². The van der Waals surface area contributed by atoms with Gasteiger partial charge in [0.05, 0.1) is 22.4 Å². The number of ether oxygens (including phenoxy) is 1. The second kappa shape index (κ2) is 10.0. The Morgan fingerprint density at radius 2 is 1.52 bits per heavy atom. The first-order valence-corrected chi connectivity index (χ1v) is 16.3. The van der Waals surface area contributed by atoms with Crippen LogP contribution in [0.2, 0.25) is 0 Å². The fourth-order valence-corrected chi connectivity index (χ4v) is 8.13. The van der Waals surface area contributed by atoms with Crippen molar-refractivity contribution in [3.63, 3.8) is 0 Å². The molecule has 1 aliphatic heterocycles. The zero-order valence-electron chi connectivity index (χ0n) is 25.7. The molecule has 222 valence electrons. The Bertz CT molecular complexity index is 2470. The third-order valence-electron chi connectivity index (χ3n) is 9.28. The third-order valence-corrected chi connectivity index (χ3v) is 10.4. The number of hydrogen-bond donors (Lipinski definition) is 0. The lowest BCUT2D eigenvalue weighted by molar-refractivity contribution is 0.483. The molecule has 0 aliphatic carbocycles. The molecular weight excluding hydrogens is 585 g/mol. The quantitative estimate of drug-likeness (QED) is 0.198. The van der Waals surface area contributed by atoms with E-state index in [4.69, 9.17) is 14.7 Å². The zero-order valence-corrected chi connectivity index (χ0v) is 26.5. The number of imidazole rings is 1. The first-order chi connectivity index (χ1) is 22.5. The normalized spacial score (nSPS) is 13.7. The van der Waals surface area contributed by atoms with Crippen LogP contribution >= 0.6 is 11.3 Å². The SMILES string of the molecule is Cn1c(-c2cccc(Oc3cccc(N4c5ncccc5C(C)(C)c5ccc6sc7ccccc7c6c54)c3)c2)nc2ccccc21. The predicted octanol–water partition coefficient (Wildman–Crippen LogP) is 10.9. The summed E-state index contributed by atoms with van der Waals surface area (Å²) < 4.78 is 11.2. The van der Waals surface area contributed by atoms with Crippen molar-refractivity contribution in [3.8, 4) is 22.9 Å². The maximum Gasteiger partial charge on any atom is 0.141 e. The van der Waals surface area contributed by atoms with Gasteiger partial charge in [-0.25, -0.2) is 9.97 Å². The molecule has 5 aromatic carbocycles. The average Bonchev–Trinajstić information content (AvgIpc) is 3.63. The zero-order chi connectivity index (χ0) is 31.0. The van der Waals surface area contributed by atoms with Gasteiger partial charge >= 0.3 is 0 Å². The second-order valence-electron chi connectivity index (χ2n) is 12.4. The molecule has 4 heterocycles. The molecular formula is C40H30N4OS. The number of benzene rings is 5. The number of para-hydroxylation sites is 2. The number of thiophene rings is 1. The Hall–Kier alpha value is -5.46. The summed E-state index contributed by atoms with van der Waals surface area (Å²) in [6.07, 6.45) is 1.89. The van der Waals surface area contributed by atoms with Gasteiger partial charge in [-0.2, -0.15) is 0 Å². The standard InChI is InChI=1S/C40H30N4OS/c1-40(2)30-20-21-35-36(29-15-4-7-19-34(29)46-35)37(30)44(39-31(40)16-10-22-41-39)26-12-9-14-28(24-26)45-27-13-8-11-25(23-27)38-42-32-17-5-6-18-33(32)43(38)3/h4-24H,1-3H3. The van der Waals surface area contributed by atoms with Crippen molar-refractivity contribution in [3.05, 3.63) is 139 Å². The van der Waals surface area contributed by atoms with Gasteiger partial charge in [-0.05, 0) is 60.2 Å². The van der Waals surface area contributed by atoms with E-state index in [0.29, 0.717) is 0 Å². The molecule has 1 aliphatic rings. The summed E-state index contributed by atoms with van der Waals surface area (Å²) in [6, 6.07) is 42.3. The van der Waals surface area contributed by atoms with Gasteiger partial charge < -0.3 is 9.30 Å². The van der Waals surface area contributed by atoms with Gasteiger partial charge in [-0.15, -0.1) is 11.3 Å². The summed E-state index contributed by atoms with van der Waals surface area (Å²) in [5.74, 6) is 3.36. The molecule has 0 saturated heterocycles. The number of nitrogens with zero attached hydrogens (tertiary/aromatic N) is 4. The predicted molar refractivity (Wildman–Crippen MR) is 190 cm³/mol. The van der Waals surface area contributed by atoms with E-state index in [0.717, 1.165) is 45.4 Å². The minimum atomic E-state index is -0.225. The van der Waals surface area contributed by atoms with E-state index in [1.54, 1.807) is 0 Å². The lowest BCUT2D eigenvalue weighted by atomic mass is 9.74. The third kappa shape index (κ3) is 4.00. The Morgan fingerprint density at radius 1 is 0.717 bits per heavy atom. The Balaban J connectivity index is 1.18. The van der Waals surface area contributed by atoms with Gasteiger partial charge in [0.25, 0.3) is 0 Å². The van der Waals surface area contributed by atoms with Crippen molar-refractivity contribution in [2.75, 3.05) is 4.90 Å². The molecule has 0 radical (unpaired) electrons. The van der Waals surface area contributed by atoms with Crippen LogP contribution in [0, 0.1) is 0 Å². The smallest absolute Gasteiger partial charge is 0.141 e. The van der Waals surface area contributed by atoms with Crippen molar-refractivity contribution in [1.29, 1.82) is 0 Å². The fourth-order valence-electron chi connectivity index (χ4n) is 7.03. The summed E-state index contributed by atoms with van der Waals surface area (Å²) in [6.45, 7) is 4.61. The van der Waals surface area contributed by atoms with Gasteiger partial charge in [0.15, 0.2) is 0 Å². The molecule has 0 N–H and O–H groups in total. The summed E-state index contributed by atoms with van der Waals surface area (Å²) in [5, 5.41) is 2.54. The largest absolute Gasteiger partial charge is 0.457 e. The van der Waals surface area contributed by atoms with Gasteiger partial charge in [0, 0.05) is 56.0 Å². The van der Waals surface area contributed by atoms with Gasteiger partial charge in [0.2, 0.25) is 0 Å². The highest BCUT2D eigenvalue weighted by molar-refractivity contribution is 7.26. The fraction of sp³-hybridized carbons (Fsp3) is 0.100. The molecule has 0 spiro atoms. The van der Waals surface area contributed by atoms with E-state index in [1.807, 2.05) is 60.0 Å². The molecule has 5 nitrogen and oxygen atoms in total. The highest BCUT2D eigenvalue weighted by Gasteiger charge is 2.39. The van der Waals surface area contributed by atoms with Crippen LogP contribution in [0.25, 0.3) is 42.6 Å². The number of fused-ring (bicyclic) bond motifs is 7. The van der Waals surface area contributed by atoms with Gasteiger partial charge in [0.1, 0.15) is 23.1 Å². The van der Waals surface area contributed by atoms with Gasteiger partial charge in [-0.3, -0.25) is 4.90 Å². The summed E-state index contributed by atoms with van der Waals surface area (Å²) in [5.41, 5.74) is 7.53. The maximum atomic E-state index is 6.56. The van der Waals surface area contributed by atoms with Crippen LogP contribution in [-0.4, -0.2) is 14.5 Å². The number of rotatable bonds is 4. The van der Waals surface area contributed by atoms with Gasteiger partial charge in [-0.1, -0.05) is 74.5 Å². The van der Waals surface area contributed by atoms with Crippen LogP contribution in [0.1, 0.15) is 25.0 Å². The lowest BCUT2D eigenvalue weighted by Crippen LogP contribution is -2.31. The molecule has 0 amide bonds. The number of aromatic nitrogens is 3. The van der Waals surface area contributed by atoms with Crippen LogP contribution < -0.4 is 9.64 Å². The van der Waals surface area contributed by atoms with Crippen molar-refractivity contribution < 1.29 is 4.74 Å². The highest BCUT2D eigenvalue weighted by Crippen LogP contribution is 2.55. The van der Waals surface area contributed by atoms with Crippen LogP contribution in [0.4, 0.5) is 17.2 Å².